The molecule has 1 aromatic heterocycles. The van der Waals surface area contributed by atoms with E-state index in [2.05, 4.69) is 67.8 Å². The van der Waals surface area contributed by atoms with E-state index in [9.17, 15) is 0 Å². The van der Waals surface area contributed by atoms with Gasteiger partial charge in [-0.3, -0.25) is 0 Å². The summed E-state index contributed by atoms with van der Waals surface area (Å²) in [6.07, 6.45) is 8.10. The predicted octanol–water partition coefficient (Wildman–Crippen LogP) is 7.10. The number of aromatic nitrogens is 1. The number of benzene rings is 2. The van der Waals surface area contributed by atoms with E-state index >= 15 is 0 Å². The lowest BCUT2D eigenvalue weighted by Crippen LogP contribution is -2.10. The van der Waals surface area contributed by atoms with Gasteiger partial charge in [0.05, 0.1) is 0 Å². The minimum atomic E-state index is 0.780. The lowest BCUT2D eigenvalue weighted by molar-refractivity contribution is 0.394. The minimum Gasteiger partial charge on any atom is -0.340 e. The van der Waals surface area contributed by atoms with Crippen LogP contribution < -0.4 is 0 Å². The van der Waals surface area contributed by atoms with Crippen molar-refractivity contribution in [3.8, 4) is 0 Å². The molecule has 1 atom stereocenters. The van der Waals surface area contributed by atoms with Crippen LogP contribution in [-0.4, -0.2) is 4.57 Å². The topological polar surface area (TPSA) is 4.93 Å². The summed E-state index contributed by atoms with van der Waals surface area (Å²) in [5, 5.41) is 2.81. The average molecular weight is 322 g/mol. The molecule has 0 aliphatic carbocycles. The molecule has 128 valence electrons. The first-order valence-corrected chi connectivity index (χ1v) is 9.72. The van der Waals surface area contributed by atoms with Crippen LogP contribution in [0.5, 0.6) is 0 Å². The summed E-state index contributed by atoms with van der Waals surface area (Å²) in [4.78, 5) is 0. The van der Waals surface area contributed by atoms with E-state index < -0.39 is 0 Å². The molecular weight excluding hydrogens is 290 g/mol. The Morgan fingerprint density at radius 1 is 0.875 bits per heavy atom. The van der Waals surface area contributed by atoms with Crippen molar-refractivity contribution in [2.45, 2.75) is 65.8 Å². The van der Waals surface area contributed by atoms with Gasteiger partial charge in [-0.05, 0) is 37.5 Å². The first-order valence-electron chi connectivity index (χ1n) is 9.72. The molecule has 2 aromatic carbocycles. The predicted molar refractivity (Wildman–Crippen MR) is 107 cm³/mol. The highest BCUT2D eigenvalue weighted by Gasteiger charge is 2.14. The molecule has 0 N–H and O–H groups in total. The van der Waals surface area contributed by atoms with E-state index in [-0.39, 0.29) is 0 Å². The van der Waals surface area contributed by atoms with Gasteiger partial charge >= 0.3 is 0 Å². The molecular formula is C23H31N. The largest absolute Gasteiger partial charge is 0.340 e. The summed E-state index contributed by atoms with van der Waals surface area (Å²) in [5.41, 5.74) is 4.14. The smallest absolute Gasteiger partial charge is 0.0491 e. The minimum absolute atomic E-state index is 0.780. The summed E-state index contributed by atoms with van der Waals surface area (Å²) < 4.78 is 2.57. The maximum Gasteiger partial charge on any atom is 0.0491 e. The highest BCUT2D eigenvalue weighted by atomic mass is 15.0. The molecule has 0 fully saturated rings. The van der Waals surface area contributed by atoms with E-state index in [0.717, 1.165) is 12.5 Å². The van der Waals surface area contributed by atoms with Gasteiger partial charge in [0.25, 0.3) is 0 Å². The molecule has 3 aromatic rings. The van der Waals surface area contributed by atoms with E-state index in [1.54, 1.807) is 0 Å². The van der Waals surface area contributed by atoms with Crippen LogP contribution in [0.15, 0.2) is 42.5 Å². The standard InChI is InChI=1S/C23H31N/c1-4-6-7-8-11-19(5-2)17-24-22-13-10-9-12-20(22)21-16-18(3)14-15-23(21)24/h9-10,12-16,19H,4-8,11,17H2,1-3H3. The Morgan fingerprint density at radius 3 is 2.46 bits per heavy atom. The number of hydrogen-bond donors (Lipinski definition) is 0. The Labute approximate surface area is 146 Å². The van der Waals surface area contributed by atoms with Crippen molar-refractivity contribution in [3.05, 3.63) is 48.0 Å². The third-order valence-electron chi connectivity index (χ3n) is 5.41. The van der Waals surface area contributed by atoms with E-state index in [1.165, 1.54) is 65.9 Å². The van der Waals surface area contributed by atoms with Gasteiger partial charge in [0.15, 0.2) is 0 Å². The molecule has 1 heterocycles. The van der Waals surface area contributed by atoms with Crippen LogP contribution in [0.2, 0.25) is 0 Å². The van der Waals surface area contributed by atoms with Crippen LogP contribution in [0, 0.1) is 12.8 Å². The van der Waals surface area contributed by atoms with Crippen LogP contribution in [-0.2, 0) is 6.54 Å². The molecule has 0 bridgehead atoms. The summed E-state index contributed by atoms with van der Waals surface area (Å²) in [5.74, 6) is 0.780. The van der Waals surface area contributed by atoms with Crippen LogP contribution in [0.25, 0.3) is 21.8 Å². The molecule has 0 radical (unpaired) electrons. The summed E-state index contributed by atoms with van der Waals surface area (Å²) in [6, 6.07) is 15.8. The molecule has 24 heavy (non-hydrogen) atoms. The summed E-state index contributed by atoms with van der Waals surface area (Å²) in [6.45, 7) is 7.98. The molecule has 0 aliphatic rings. The number of unbranched alkanes of at least 4 members (excludes halogenated alkanes) is 3. The number of fused-ring (bicyclic) bond motifs is 3. The highest BCUT2D eigenvalue weighted by Crippen LogP contribution is 2.31. The van der Waals surface area contributed by atoms with Gasteiger partial charge in [-0.25, -0.2) is 0 Å². The van der Waals surface area contributed by atoms with Crippen LogP contribution in [0.1, 0.15) is 57.9 Å². The van der Waals surface area contributed by atoms with Crippen molar-refractivity contribution in [1.82, 2.24) is 4.57 Å². The fraction of sp³-hybridized carbons (Fsp3) is 0.478. The van der Waals surface area contributed by atoms with Gasteiger partial charge in [0, 0.05) is 28.4 Å². The normalized spacial score (nSPS) is 13.0. The number of nitrogens with zero attached hydrogens (tertiary/aromatic N) is 1. The Kier molecular flexibility index (Phi) is 5.60. The average Bonchev–Trinajstić information content (AvgIpc) is 2.91. The van der Waals surface area contributed by atoms with Crippen LogP contribution >= 0.6 is 0 Å². The number of para-hydroxylation sites is 1. The van der Waals surface area contributed by atoms with Gasteiger partial charge in [-0.2, -0.15) is 0 Å². The van der Waals surface area contributed by atoms with E-state index in [1.807, 2.05) is 0 Å². The van der Waals surface area contributed by atoms with Gasteiger partial charge in [0.1, 0.15) is 0 Å². The van der Waals surface area contributed by atoms with Crippen molar-refractivity contribution < 1.29 is 0 Å². The molecule has 1 unspecified atom stereocenters. The lowest BCUT2D eigenvalue weighted by atomic mass is 9.98. The Morgan fingerprint density at radius 2 is 1.67 bits per heavy atom. The van der Waals surface area contributed by atoms with Crippen molar-refractivity contribution >= 4 is 21.8 Å². The first kappa shape index (κ1) is 17.1. The molecule has 3 rings (SSSR count). The van der Waals surface area contributed by atoms with Crippen molar-refractivity contribution in [3.63, 3.8) is 0 Å². The van der Waals surface area contributed by atoms with Crippen molar-refractivity contribution in [2.24, 2.45) is 5.92 Å². The Bertz CT molecular complexity index is 796. The molecule has 1 nitrogen and oxygen atoms in total. The number of rotatable bonds is 8. The molecule has 0 spiro atoms. The monoisotopic (exact) mass is 321 g/mol. The number of hydrogen-bond acceptors (Lipinski definition) is 0. The van der Waals surface area contributed by atoms with E-state index in [4.69, 9.17) is 0 Å². The van der Waals surface area contributed by atoms with Crippen molar-refractivity contribution in [1.29, 1.82) is 0 Å². The quantitative estimate of drug-likeness (QED) is 0.390. The second-order valence-corrected chi connectivity index (χ2v) is 7.27. The Hall–Kier alpha value is -1.76. The first-order chi connectivity index (χ1) is 11.7. The lowest BCUT2D eigenvalue weighted by Gasteiger charge is -2.17. The third-order valence-corrected chi connectivity index (χ3v) is 5.41. The Balaban J connectivity index is 1.92. The number of aryl methyl sites for hydroxylation is 1. The molecule has 0 amide bonds. The van der Waals surface area contributed by atoms with E-state index in [0.29, 0.717) is 0 Å². The third kappa shape index (κ3) is 3.50. The second-order valence-electron chi connectivity index (χ2n) is 7.27. The maximum absolute atomic E-state index is 2.57. The van der Waals surface area contributed by atoms with Gasteiger partial charge in [0.2, 0.25) is 0 Å². The van der Waals surface area contributed by atoms with Crippen LogP contribution in [0.4, 0.5) is 0 Å². The van der Waals surface area contributed by atoms with Gasteiger partial charge < -0.3 is 4.57 Å². The van der Waals surface area contributed by atoms with Gasteiger partial charge in [-0.15, -0.1) is 0 Å². The zero-order chi connectivity index (χ0) is 16.9. The maximum atomic E-state index is 2.57. The fourth-order valence-electron chi connectivity index (χ4n) is 3.91. The molecule has 0 saturated carbocycles. The summed E-state index contributed by atoms with van der Waals surface area (Å²) in [7, 11) is 0. The van der Waals surface area contributed by atoms with Crippen LogP contribution in [0.3, 0.4) is 0 Å². The van der Waals surface area contributed by atoms with Gasteiger partial charge in [-0.1, -0.05) is 75.8 Å². The zero-order valence-electron chi connectivity index (χ0n) is 15.5. The molecule has 1 heteroatoms. The SMILES string of the molecule is CCCCCCC(CC)Cn1c2ccccc2c2cc(C)ccc21. The fourth-order valence-corrected chi connectivity index (χ4v) is 3.91. The van der Waals surface area contributed by atoms with Crippen molar-refractivity contribution in [2.75, 3.05) is 0 Å². The molecule has 0 aliphatic heterocycles. The second kappa shape index (κ2) is 7.88. The highest BCUT2D eigenvalue weighted by molar-refractivity contribution is 6.08. The molecule has 0 saturated heterocycles. The summed E-state index contributed by atoms with van der Waals surface area (Å²) >= 11 is 0. The zero-order valence-corrected chi connectivity index (χ0v) is 15.5.